The smallest absolute Gasteiger partial charge is 0.261 e. The van der Waals surface area contributed by atoms with Crippen LogP contribution >= 0.6 is 34.5 Å². The third kappa shape index (κ3) is 5.59. The molecule has 2 atom stereocenters. The van der Waals surface area contributed by atoms with E-state index in [1.807, 2.05) is 0 Å². The van der Waals surface area contributed by atoms with Gasteiger partial charge in [-0.25, -0.2) is 4.39 Å². The molecule has 2 unspecified atom stereocenters. The van der Waals surface area contributed by atoms with Gasteiger partial charge < -0.3 is 16.5 Å². The highest BCUT2D eigenvalue weighted by atomic mass is 35.5. The molecule has 4 N–H and O–H groups in total. The maximum absolute atomic E-state index is 13.3. The lowest BCUT2D eigenvalue weighted by Crippen LogP contribution is -2.41. The summed E-state index contributed by atoms with van der Waals surface area (Å²) in [6, 6.07) is 7.41. The van der Waals surface area contributed by atoms with Gasteiger partial charge in [-0.1, -0.05) is 23.7 Å². The first-order chi connectivity index (χ1) is 12.9. The largest absolute Gasteiger partial charge is 0.347 e. The van der Waals surface area contributed by atoms with E-state index in [0.29, 0.717) is 26.9 Å². The summed E-state index contributed by atoms with van der Waals surface area (Å²) in [6.07, 6.45) is 1.45. The van der Waals surface area contributed by atoms with Crippen molar-refractivity contribution in [1.29, 1.82) is 5.41 Å². The van der Waals surface area contributed by atoms with Crippen LogP contribution in [-0.4, -0.2) is 42.8 Å². The molecule has 2 rings (SSSR count). The highest BCUT2D eigenvalue weighted by Gasteiger charge is 2.22. The van der Waals surface area contributed by atoms with Crippen LogP contribution in [0.1, 0.15) is 20.8 Å². The number of nitrogens with zero attached hydrogens (tertiary/aromatic N) is 1. The lowest BCUT2D eigenvalue weighted by atomic mass is 10.1. The molecule has 1 aromatic carbocycles. The predicted octanol–water partition coefficient (Wildman–Crippen LogP) is 3.52. The van der Waals surface area contributed by atoms with Gasteiger partial charge in [-0.05, 0) is 30.2 Å². The molecule has 9 heteroatoms. The van der Waals surface area contributed by atoms with Gasteiger partial charge in [-0.2, -0.15) is 0 Å². The number of amides is 1. The Kier molecular flexibility index (Phi) is 7.91. The molecule has 5 nitrogen and oxygen atoms in total. The SMILES string of the molecule is CN=C(c1cc(C(=O)NC(CN)Cc2cccc(F)c2)sc1Cl)C(Cl)C=N. The molecule has 144 valence electrons. The Morgan fingerprint density at radius 3 is 2.81 bits per heavy atom. The summed E-state index contributed by atoms with van der Waals surface area (Å²) >= 11 is 13.4. The van der Waals surface area contributed by atoms with Gasteiger partial charge in [-0.3, -0.25) is 9.79 Å². The molecule has 0 saturated carbocycles. The van der Waals surface area contributed by atoms with Crippen molar-refractivity contribution < 1.29 is 9.18 Å². The summed E-state index contributed by atoms with van der Waals surface area (Å²) in [5.41, 5.74) is 7.44. The van der Waals surface area contributed by atoms with Gasteiger partial charge in [0.15, 0.2) is 0 Å². The standard InChI is InChI=1S/C18H19Cl2FN4OS/c1-24-16(14(19)9-23)13-7-15(27-17(13)20)18(26)25-12(8-22)6-10-3-2-4-11(21)5-10/h2-5,7,9,12,14,23H,6,8,22H2,1H3,(H,25,26). The number of thiophene rings is 1. The van der Waals surface area contributed by atoms with E-state index in [-0.39, 0.29) is 24.3 Å². The average Bonchev–Trinajstić information content (AvgIpc) is 3.03. The Bertz CT molecular complexity index is 856. The van der Waals surface area contributed by atoms with Crippen molar-refractivity contribution in [3.63, 3.8) is 0 Å². The van der Waals surface area contributed by atoms with E-state index in [4.69, 9.17) is 34.3 Å². The zero-order valence-corrected chi connectivity index (χ0v) is 16.8. The van der Waals surface area contributed by atoms with Crippen LogP contribution in [0.2, 0.25) is 4.34 Å². The van der Waals surface area contributed by atoms with Crippen LogP contribution in [0.5, 0.6) is 0 Å². The van der Waals surface area contributed by atoms with Crippen molar-refractivity contribution in [3.05, 3.63) is 56.5 Å². The molecule has 0 aliphatic heterocycles. The number of rotatable bonds is 8. The van der Waals surface area contributed by atoms with Crippen molar-refractivity contribution >= 4 is 52.4 Å². The molecule has 0 radical (unpaired) electrons. The Morgan fingerprint density at radius 2 is 2.22 bits per heavy atom. The van der Waals surface area contributed by atoms with Gasteiger partial charge in [0.05, 0.1) is 10.6 Å². The van der Waals surface area contributed by atoms with Gasteiger partial charge in [0.2, 0.25) is 0 Å². The third-order valence-electron chi connectivity index (χ3n) is 3.83. The third-order valence-corrected chi connectivity index (χ3v) is 5.52. The number of hydrogen-bond acceptors (Lipinski definition) is 5. The van der Waals surface area contributed by atoms with E-state index in [1.54, 1.807) is 25.2 Å². The molecule has 2 aromatic rings. The Hall–Kier alpha value is -1.80. The molecule has 0 aliphatic carbocycles. The van der Waals surface area contributed by atoms with Gasteiger partial charge in [0, 0.05) is 31.4 Å². The molecular formula is C18H19Cl2FN4OS. The number of nitrogens with one attached hydrogen (secondary N) is 2. The normalized spacial score (nSPS) is 13.9. The summed E-state index contributed by atoms with van der Waals surface area (Å²) in [6.45, 7) is 0.202. The second-order valence-electron chi connectivity index (χ2n) is 5.72. The van der Waals surface area contributed by atoms with Crippen LogP contribution in [-0.2, 0) is 6.42 Å². The summed E-state index contributed by atoms with van der Waals surface area (Å²) in [5, 5.41) is 9.40. The van der Waals surface area contributed by atoms with E-state index >= 15 is 0 Å². The van der Waals surface area contributed by atoms with Crippen LogP contribution in [0, 0.1) is 11.2 Å². The molecule has 27 heavy (non-hydrogen) atoms. The van der Waals surface area contributed by atoms with Crippen LogP contribution in [0.3, 0.4) is 0 Å². The Labute approximate surface area is 170 Å². The summed E-state index contributed by atoms with van der Waals surface area (Å²) in [5.74, 6) is -0.672. The topological polar surface area (TPSA) is 91.3 Å². The first-order valence-electron chi connectivity index (χ1n) is 8.06. The molecule has 0 bridgehead atoms. The van der Waals surface area contributed by atoms with E-state index < -0.39 is 5.38 Å². The zero-order valence-electron chi connectivity index (χ0n) is 14.5. The van der Waals surface area contributed by atoms with Crippen molar-refractivity contribution in [2.75, 3.05) is 13.6 Å². The van der Waals surface area contributed by atoms with Crippen LogP contribution in [0.4, 0.5) is 4.39 Å². The number of halogens is 3. The highest BCUT2D eigenvalue weighted by Crippen LogP contribution is 2.29. The average molecular weight is 429 g/mol. The van der Waals surface area contributed by atoms with Crippen molar-refractivity contribution in [2.24, 2.45) is 10.7 Å². The zero-order chi connectivity index (χ0) is 20.0. The van der Waals surface area contributed by atoms with E-state index in [1.165, 1.54) is 12.1 Å². The summed E-state index contributed by atoms with van der Waals surface area (Å²) in [7, 11) is 1.55. The molecule has 0 fully saturated rings. The number of carbonyl (C=O) groups is 1. The highest BCUT2D eigenvalue weighted by molar-refractivity contribution is 7.18. The minimum atomic E-state index is -0.734. The van der Waals surface area contributed by atoms with Gasteiger partial charge in [0.1, 0.15) is 15.5 Å². The molecule has 1 amide bonds. The fourth-order valence-electron chi connectivity index (χ4n) is 2.52. The maximum Gasteiger partial charge on any atom is 0.261 e. The van der Waals surface area contributed by atoms with Crippen LogP contribution in [0.15, 0.2) is 35.3 Å². The maximum atomic E-state index is 13.3. The Morgan fingerprint density at radius 1 is 1.48 bits per heavy atom. The second-order valence-corrected chi connectivity index (χ2v) is 7.84. The van der Waals surface area contributed by atoms with E-state index in [2.05, 4.69) is 10.3 Å². The molecule has 0 spiro atoms. The Balaban J connectivity index is 2.15. The van der Waals surface area contributed by atoms with E-state index in [0.717, 1.165) is 23.1 Å². The lowest BCUT2D eigenvalue weighted by Gasteiger charge is -2.16. The number of benzene rings is 1. The lowest BCUT2D eigenvalue weighted by molar-refractivity contribution is 0.0942. The molecule has 1 heterocycles. The fraction of sp³-hybridized carbons (Fsp3) is 0.278. The quantitative estimate of drug-likeness (QED) is 0.443. The number of alkyl halides is 1. The van der Waals surface area contributed by atoms with Crippen LogP contribution < -0.4 is 11.1 Å². The van der Waals surface area contributed by atoms with Crippen molar-refractivity contribution in [2.45, 2.75) is 17.8 Å². The first-order valence-corrected chi connectivity index (χ1v) is 9.69. The molecule has 1 aromatic heterocycles. The van der Waals surface area contributed by atoms with Crippen molar-refractivity contribution in [3.8, 4) is 0 Å². The molecule has 0 saturated heterocycles. The molecular weight excluding hydrogens is 410 g/mol. The van der Waals surface area contributed by atoms with Crippen molar-refractivity contribution in [1.82, 2.24) is 5.32 Å². The monoisotopic (exact) mass is 428 g/mol. The molecule has 0 aliphatic rings. The fourth-order valence-corrected chi connectivity index (χ4v) is 3.94. The summed E-state index contributed by atoms with van der Waals surface area (Å²) < 4.78 is 13.7. The predicted molar refractivity (Wildman–Crippen MR) is 111 cm³/mol. The number of aliphatic imine (C=N–C) groups is 1. The van der Waals surface area contributed by atoms with Gasteiger partial charge >= 0.3 is 0 Å². The summed E-state index contributed by atoms with van der Waals surface area (Å²) in [4.78, 5) is 17.0. The number of nitrogens with two attached hydrogens (primary N) is 1. The first kappa shape index (κ1) is 21.5. The van der Waals surface area contributed by atoms with Gasteiger partial charge in [0.25, 0.3) is 5.91 Å². The van der Waals surface area contributed by atoms with E-state index in [9.17, 15) is 9.18 Å². The van der Waals surface area contributed by atoms with Gasteiger partial charge in [-0.15, -0.1) is 22.9 Å². The number of hydrogen-bond donors (Lipinski definition) is 3. The minimum absolute atomic E-state index is 0.202. The van der Waals surface area contributed by atoms with Crippen LogP contribution in [0.25, 0.3) is 0 Å². The minimum Gasteiger partial charge on any atom is -0.347 e. The number of carbonyl (C=O) groups excluding carboxylic acids is 1. The second kappa shape index (κ2) is 9.94.